The Balaban J connectivity index is 2.18. The number of aliphatic hydroxyl groups excluding tert-OH is 1. The molecule has 4 heteroatoms. The van der Waals surface area contributed by atoms with Crippen LogP contribution in [0.15, 0.2) is 24.3 Å². The molecular weight excluding hydrogens is 228 g/mol. The summed E-state index contributed by atoms with van der Waals surface area (Å²) < 4.78 is 5.78. The number of benzene rings is 1. The Morgan fingerprint density at radius 2 is 2.11 bits per heavy atom. The molecule has 1 aromatic rings. The summed E-state index contributed by atoms with van der Waals surface area (Å²) >= 11 is 0. The molecule has 1 aromatic carbocycles. The lowest BCUT2D eigenvalue weighted by atomic mass is 10.0. The van der Waals surface area contributed by atoms with Crippen LogP contribution in [0.4, 0.5) is 5.69 Å². The molecule has 0 saturated carbocycles. The number of nitrogens with zero attached hydrogens (tertiary/aromatic N) is 2. The third kappa shape index (κ3) is 2.81. The predicted octanol–water partition coefficient (Wildman–Crippen LogP) is 1.53. The van der Waals surface area contributed by atoms with Gasteiger partial charge in [-0.3, -0.25) is 0 Å². The molecule has 1 fully saturated rings. The fourth-order valence-corrected chi connectivity index (χ4v) is 2.33. The van der Waals surface area contributed by atoms with Gasteiger partial charge in [0.1, 0.15) is 0 Å². The molecule has 0 radical (unpaired) electrons. The third-order valence-corrected chi connectivity index (χ3v) is 3.05. The van der Waals surface area contributed by atoms with Crippen LogP contribution in [-0.2, 0) is 4.74 Å². The molecule has 96 valence electrons. The summed E-state index contributed by atoms with van der Waals surface area (Å²) in [6, 6.07) is 9.61. The van der Waals surface area contributed by atoms with Crippen molar-refractivity contribution >= 4 is 5.69 Å². The van der Waals surface area contributed by atoms with E-state index in [9.17, 15) is 5.11 Å². The maximum atomic E-state index is 9.28. The molecule has 0 amide bonds. The molecule has 1 atom stereocenters. The van der Waals surface area contributed by atoms with Crippen molar-refractivity contribution in [2.45, 2.75) is 25.6 Å². The number of rotatable bonds is 2. The van der Waals surface area contributed by atoms with Crippen LogP contribution >= 0.6 is 0 Å². The van der Waals surface area contributed by atoms with Crippen LogP contribution in [0.25, 0.3) is 0 Å². The molecule has 2 rings (SSSR count). The second-order valence-electron chi connectivity index (χ2n) is 5.22. The molecule has 0 aromatic heterocycles. The minimum absolute atomic E-state index is 0.0240. The van der Waals surface area contributed by atoms with E-state index in [1.54, 1.807) is 0 Å². The van der Waals surface area contributed by atoms with Crippen LogP contribution in [-0.4, -0.2) is 36.5 Å². The lowest BCUT2D eigenvalue weighted by Crippen LogP contribution is -2.54. The summed E-state index contributed by atoms with van der Waals surface area (Å²) in [5.41, 5.74) is 1.44. The van der Waals surface area contributed by atoms with E-state index in [1.807, 2.05) is 38.1 Å². The summed E-state index contributed by atoms with van der Waals surface area (Å²) in [6.45, 7) is 5.51. The number of hydrogen-bond acceptors (Lipinski definition) is 4. The van der Waals surface area contributed by atoms with Crippen LogP contribution in [0.2, 0.25) is 0 Å². The van der Waals surface area contributed by atoms with E-state index < -0.39 is 0 Å². The van der Waals surface area contributed by atoms with Gasteiger partial charge in [0.25, 0.3) is 0 Å². The van der Waals surface area contributed by atoms with Crippen LogP contribution in [0.1, 0.15) is 19.4 Å². The van der Waals surface area contributed by atoms with E-state index >= 15 is 0 Å². The van der Waals surface area contributed by atoms with Crippen molar-refractivity contribution in [1.29, 1.82) is 5.26 Å². The molecule has 0 bridgehead atoms. The zero-order chi connectivity index (χ0) is 13.2. The molecule has 0 spiro atoms. The Bertz CT molecular complexity index is 448. The molecule has 1 aliphatic rings. The summed E-state index contributed by atoms with van der Waals surface area (Å²) in [4.78, 5) is 2.19. The van der Waals surface area contributed by atoms with Crippen molar-refractivity contribution in [1.82, 2.24) is 0 Å². The molecule has 1 aliphatic heterocycles. The fourth-order valence-electron chi connectivity index (χ4n) is 2.33. The number of morpholine rings is 1. The molecule has 0 aliphatic carbocycles. The average molecular weight is 246 g/mol. The second-order valence-corrected chi connectivity index (χ2v) is 5.22. The Hall–Kier alpha value is -1.57. The summed E-state index contributed by atoms with van der Waals surface area (Å²) in [7, 11) is 0. The van der Waals surface area contributed by atoms with Gasteiger partial charge in [-0.05, 0) is 38.1 Å². The monoisotopic (exact) mass is 246 g/mol. The number of nitriles is 1. The summed E-state index contributed by atoms with van der Waals surface area (Å²) in [6.07, 6.45) is -0.163. The highest BCUT2D eigenvalue weighted by atomic mass is 16.5. The Morgan fingerprint density at radius 1 is 1.44 bits per heavy atom. The van der Waals surface area contributed by atoms with Crippen molar-refractivity contribution in [2.75, 3.05) is 24.6 Å². The Labute approximate surface area is 107 Å². The van der Waals surface area contributed by atoms with E-state index in [2.05, 4.69) is 11.0 Å². The van der Waals surface area contributed by atoms with Gasteiger partial charge in [0, 0.05) is 18.8 Å². The SMILES string of the molecule is CC1(C)CN(c2ccc(C#N)cc2)CC(CO)O1. The topological polar surface area (TPSA) is 56.5 Å². The summed E-state index contributed by atoms with van der Waals surface area (Å²) in [5, 5.41) is 18.1. The van der Waals surface area contributed by atoms with E-state index in [0.717, 1.165) is 12.2 Å². The molecule has 18 heavy (non-hydrogen) atoms. The van der Waals surface area contributed by atoms with Gasteiger partial charge in [-0.25, -0.2) is 0 Å². The largest absolute Gasteiger partial charge is 0.394 e. The van der Waals surface area contributed by atoms with Gasteiger partial charge in [-0.15, -0.1) is 0 Å². The van der Waals surface area contributed by atoms with Crippen molar-refractivity contribution in [2.24, 2.45) is 0 Å². The maximum absolute atomic E-state index is 9.28. The van der Waals surface area contributed by atoms with Crippen LogP contribution in [0, 0.1) is 11.3 Å². The van der Waals surface area contributed by atoms with Gasteiger partial charge in [-0.1, -0.05) is 0 Å². The first kappa shape index (κ1) is 12.9. The van der Waals surface area contributed by atoms with Gasteiger partial charge in [0.15, 0.2) is 0 Å². The number of anilines is 1. The van der Waals surface area contributed by atoms with E-state index in [0.29, 0.717) is 12.1 Å². The highest BCUT2D eigenvalue weighted by molar-refractivity contribution is 5.50. The van der Waals surface area contributed by atoms with Crippen LogP contribution in [0.3, 0.4) is 0 Å². The van der Waals surface area contributed by atoms with Crippen LogP contribution < -0.4 is 4.90 Å². The predicted molar refractivity (Wildman–Crippen MR) is 69.4 cm³/mol. The van der Waals surface area contributed by atoms with Gasteiger partial charge in [0.05, 0.1) is 29.9 Å². The molecule has 1 N–H and O–H groups in total. The normalized spacial score (nSPS) is 22.6. The molecule has 4 nitrogen and oxygen atoms in total. The van der Waals surface area contributed by atoms with E-state index in [1.165, 1.54) is 0 Å². The Morgan fingerprint density at radius 3 is 2.67 bits per heavy atom. The van der Waals surface area contributed by atoms with E-state index in [-0.39, 0.29) is 18.3 Å². The third-order valence-electron chi connectivity index (χ3n) is 3.05. The number of hydrogen-bond donors (Lipinski definition) is 1. The van der Waals surface area contributed by atoms with Gasteiger partial charge in [0.2, 0.25) is 0 Å². The van der Waals surface area contributed by atoms with Gasteiger partial charge in [-0.2, -0.15) is 5.26 Å². The smallest absolute Gasteiger partial charge is 0.0991 e. The first-order valence-corrected chi connectivity index (χ1v) is 6.08. The molecular formula is C14H18N2O2. The minimum atomic E-state index is -0.278. The zero-order valence-electron chi connectivity index (χ0n) is 10.8. The first-order chi connectivity index (χ1) is 8.54. The maximum Gasteiger partial charge on any atom is 0.0991 e. The Kier molecular flexibility index (Phi) is 3.55. The van der Waals surface area contributed by atoms with Crippen molar-refractivity contribution in [3.8, 4) is 6.07 Å². The highest BCUT2D eigenvalue weighted by Gasteiger charge is 2.33. The molecule has 1 unspecified atom stereocenters. The lowest BCUT2D eigenvalue weighted by Gasteiger charge is -2.43. The minimum Gasteiger partial charge on any atom is -0.394 e. The zero-order valence-corrected chi connectivity index (χ0v) is 10.8. The number of ether oxygens (including phenoxy) is 1. The van der Waals surface area contributed by atoms with Crippen LogP contribution in [0.5, 0.6) is 0 Å². The first-order valence-electron chi connectivity index (χ1n) is 6.08. The van der Waals surface area contributed by atoms with Crippen molar-refractivity contribution < 1.29 is 9.84 Å². The number of aliphatic hydroxyl groups is 1. The van der Waals surface area contributed by atoms with E-state index in [4.69, 9.17) is 10.00 Å². The van der Waals surface area contributed by atoms with Gasteiger partial charge >= 0.3 is 0 Å². The standard InChI is InChI=1S/C14H18N2O2/c1-14(2)10-16(8-13(9-17)18-14)12-5-3-11(7-15)4-6-12/h3-6,13,17H,8-10H2,1-2H3. The second kappa shape index (κ2) is 4.97. The molecule has 1 saturated heterocycles. The summed E-state index contributed by atoms with van der Waals surface area (Å²) in [5.74, 6) is 0. The molecule has 1 heterocycles. The average Bonchev–Trinajstić information content (AvgIpc) is 2.37. The lowest BCUT2D eigenvalue weighted by molar-refractivity contribution is -0.101. The van der Waals surface area contributed by atoms with Crippen molar-refractivity contribution in [3.63, 3.8) is 0 Å². The highest BCUT2D eigenvalue weighted by Crippen LogP contribution is 2.26. The van der Waals surface area contributed by atoms with Gasteiger partial charge < -0.3 is 14.7 Å². The van der Waals surface area contributed by atoms with Crippen molar-refractivity contribution in [3.05, 3.63) is 29.8 Å². The fraction of sp³-hybridized carbons (Fsp3) is 0.500. The quantitative estimate of drug-likeness (QED) is 0.860.